The number of imidazole rings is 1. The maximum Gasteiger partial charge on any atom is 0.352 e. The molecule has 232 valence electrons. The smallest absolute Gasteiger partial charge is 0.352 e. The van der Waals surface area contributed by atoms with Gasteiger partial charge < -0.3 is 24.7 Å². The van der Waals surface area contributed by atoms with Gasteiger partial charge in [-0.15, -0.1) is 0 Å². The van der Waals surface area contributed by atoms with Gasteiger partial charge in [0.25, 0.3) is 0 Å². The number of hydrogen-bond donors (Lipinski definition) is 2. The Labute approximate surface area is 260 Å². The Morgan fingerprint density at radius 1 is 0.977 bits per heavy atom. The summed E-state index contributed by atoms with van der Waals surface area (Å²) in [4.78, 5) is 30.3. The molecule has 4 aromatic rings. The SMILES string of the molecule is CCCCc1nc2ccc(NCC(=O)NC3CCCCC3)cc2n1Cc1ccc(OC(C(=O)OCC)c2ccccc2)cc1. The highest BCUT2D eigenvalue weighted by Crippen LogP contribution is 2.26. The Morgan fingerprint density at radius 3 is 2.48 bits per heavy atom. The van der Waals surface area contributed by atoms with Crippen molar-refractivity contribution >= 4 is 28.6 Å². The van der Waals surface area contributed by atoms with E-state index in [2.05, 4.69) is 28.2 Å². The molecule has 5 rings (SSSR count). The van der Waals surface area contributed by atoms with E-state index in [4.69, 9.17) is 14.5 Å². The van der Waals surface area contributed by atoms with Gasteiger partial charge in [0.05, 0.1) is 24.2 Å². The fourth-order valence-electron chi connectivity index (χ4n) is 5.78. The first-order chi connectivity index (χ1) is 21.5. The molecule has 1 aliphatic rings. The third kappa shape index (κ3) is 8.18. The van der Waals surface area contributed by atoms with Crippen molar-refractivity contribution in [2.75, 3.05) is 18.5 Å². The Balaban J connectivity index is 1.31. The molecule has 0 bridgehead atoms. The van der Waals surface area contributed by atoms with Crippen molar-refractivity contribution in [3.63, 3.8) is 0 Å². The minimum atomic E-state index is -0.837. The van der Waals surface area contributed by atoms with Crippen LogP contribution in [-0.2, 0) is 27.3 Å². The molecule has 44 heavy (non-hydrogen) atoms. The van der Waals surface area contributed by atoms with Gasteiger partial charge in [0.15, 0.2) is 0 Å². The quantitative estimate of drug-likeness (QED) is 0.153. The summed E-state index contributed by atoms with van der Waals surface area (Å²) in [6.45, 7) is 5.15. The fourth-order valence-corrected chi connectivity index (χ4v) is 5.78. The average molecular weight is 597 g/mol. The number of amides is 1. The molecule has 0 saturated heterocycles. The second kappa shape index (κ2) is 15.4. The van der Waals surface area contributed by atoms with Crippen LogP contribution in [0.1, 0.15) is 81.8 Å². The lowest BCUT2D eigenvalue weighted by Gasteiger charge is -2.22. The summed E-state index contributed by atoms with van der Waals surface area (Å²) in [7, 11) is 0. The highest BCUT2D eigenvalue weighted by Gasteiger charge is 2.24. The van der Waals surface area contributed by atoms with Gasteiger partial charge in [-0.3, -0.25) is 4.79 Å². The number of unbranched alkanes of at least 4 members (excludes halogenated alkanes) is 1. The summed E-state index contributed by atoms with van der Waals surface area (Å²) in [5, 5.41) is 6.50. The molecule has 1 saturated carbocycles. The molecular formula is C36H44N4O4. The number of hydrogen-bond acceptors (Lipinski definition) is 6. The molecule has 8 heteroatoms. The normalized spacial score (nSPS) is 14.2. The van der Waals surface area contributed by atoms with E-state index in [-0.39, 0.29) is 19.1 Å². The van der Waals surface area contributed by atoms with Crippen molar-refractivity contribution in [2.24, 2.45) is 0 Å². The minimum absolute atomic E-state index is 0.0360. The first-order valence-corrected chi connectivity index (χ1v) is 16.0. The molecule has 1 aliphatic carbocycles. The number of esters is 1. The van der Waals surface area contributed by atoms with E-state index in [1.54, 1.807) is 6.92 Å². The van der Waals surface area contributed by atoms with Crippen molar-refractivity contribution in [1.29, 1.82) is 0 Å². The topological polar surface area (TPSA) is 94.5 Å². The van der Waals surface area contributed by atoms with Crippen LogP contribution in [0.3, 0.4) is 0 Å². The highest BCUT2D eigenvalue weighted by atomic mass is 16.6. The van der Waals surface area contributed by atoms with Crippen LogP contribution < -0.4 is 15.4 Å². The lowest BCUT2D eigenvalue weighted by molar-refractivity contribution is -0.151. The van der Waals surface area contributed by atoms with E-state index < -0.39 is 12.1 Å². The highest BCUT2D eigenvalue weighted by molar-refractivity contribution is 5.84. The Hall–Kier alpha value is -4.33. The van der Waals surface area contributed by atoms with E-state index in [9.17, 15) is 9.59 Å². The number of rotatable bonds is 14. The van der Waals surface area contributed by atoms with Gasteiger partial charge in [0, 0.05) is 30.3 Å². The molecule has 0 aliphatic heterocycles. The summed E-state index contributed by atoms with van der Waals surface area (Å²) in [5.74, 6) is 1.26. The van der Waals surface area contributed by atoms with E-state index in [0.717, 1.165) is 65.8 Å². The first kappa shape index (κ1) is 31.1. The van der Waals surface area contributed by atoms with Gasteiger partial charge in [-0.1, -0.05) is 75.1 Å². The zero-order chi connectivity index (χ0) is 30.7. The molecule has 0 spiro atoms. The van der Waals surface area contributed by atoms with Crippen LogP contribution in [0.5, 0.6) is 5.75 Å². The van der Waals surface area contributed by atoms with Gasteiger partial charge in [0.2, 0.25) is 12.0 Å². The molecule has 1 aromatic heterocycles. The molecule has 0 radical (unpaired) electrons. The average Bonchev–Trinajstić information content (AvgIpc) is 3.39. The van der Waals surface area contributed by atoms with E-state index in [0.29, 0.717) is 18.3 Å². The Morgan fingerprint density at radius 2 is 1.75 bits per heavy atom. The first-order valence-electron chi connectivity index (χ1n) is 16.0. The minimum Gasteiger partial charge on any atom is -0.474 e. The zero-order valence-corrected chi connectivity index (χ0v) is 25.9. The van der Waals surface area contributed by atoms with Crippen molar-refractivity contribution in [3.8, 4) is 5.75 Å². The van der Waals surface area contributed by atoms with Crippen LogP contribution in [0, 0.1) is 0 Å². The summed E-state index contributed by atoms with van der Waals surface area (Å²) in [6.07, 6.45) is 7.98. The molecule has 1 atom stereocenters. The molecule has 3 aromatic carbocycles. The van der Waals surface area contributed by atoms with Crippen molar-refractivity contribution in [3.05, 3.63) is 89.7 Å². The number of aromatic nitrogens is 2. The number of carbonyl (C=O) groups excluding carboxylic acids is 2. The van der Waals surface area contributed by atoms with Crippen molar-refractivity contribution in [1.82, 2.24) is 14.9 Å². The van der Waals surface area contributed by atoms with Gasteiger partial charge in [0.1, 0.15) is 11.6 Å². The van der Waals surface area contributed by atoms with Crippen molar-refractivity contribution in [2.45, 2.75) is 83.9 Å². The second-order valence-corrected chi connectivity index (χ2v) is 11.5. The van der Waals surface area contributed by atoms with Crippen LogP contribution >= 0.6 is 0 Å². The standard InChI is InChI=1S/C36H44N4O4/c1-3-5-16-33-39-31-22-19-29(37-24-34(41)38-28-14-10-7-11-15-28)23-32(31)40(33)25-26-17-20-30(21-18-26)44-35(36(42)43-4-2)27-12-8-6-9-13-27/h6,8-9,12-13,17-23,28,35,37H,3-5,7,10-11,14-16,24-25H2,1-2H3,(H,38,41). The van der Waals surface area contributed by atoms with Gasteiger partial charge >= 0.3 is 5.97 Å². The number of nitrogens with one attached hydrogen (secondary N) is 2. The predicted molar refractivity (Wildman–Crippen MR) is 174 cm³/mol. The van der Waals surface area contributed by atoms with E-state index >= 15 is 0 Å². The van der Waals surface area contributed by atoms with Crippen LogP contribution in [0.4, 0.5) is 5.69 Å². The number of carbonyl (C=O) groups is 2. The number of benzene rings is 3. The maximum atomic E-state index is 12.7. The van der Waals surface area contributed by atoms with Crippen LogP contribution in [0.25, 0.3) is 11.0 Å². The lowest BCUT2D eigenvalue weighted by atomic mass is 9.95. The van der Waals surface area contributed by atoms with E-state index in [1.165, 1.54) is 19.3 Å². The number of fused-ring (bicyclic) bond motifs is 1. The number of nitrogens with zero attached hydrogens (tertiary/aromatic N) is 2. The van der Waals surface area contributed by atoms with Crippen LogP contribution in [0.15, 0.2) is 72.8 Å². The Kier molecular flexibility index (Phi) is 10.9. The number of aryl methyl sites for hydroxylation is 1. The third-order valence-corrected chi connectivity index (χ3v) is 8.13. The Bertz CT molecular complexity index is 1510. The molecule has 2 N–H and O–H groups in total. The zero-order valence-electron chi connectivity index (χ0n) is 25.9. The summed E-state index contributed by atoms with van der Waals surface area (Å²) < 4.78 is 13.7. The number of anilines is 1. The van der Waals surface area contributed by atoms with Gasteiger partial charge in [-0.2, -0.15) is 0 Å². The van der Waals surface area contributed by atoms with Gasteiger partial charge in [-0.25, -0.2) is 9.78 Å². The van der Waals surface area contributed by atoms with E-state index in [1.807, 2.05) is 66.7 Å². The molecule has 1 amide bonds. The summed E-state index contributed by atoms with van der Waals surface area (Å²) in [6, 6.07) is 23.7. The van der Waals surface area contributed by atoms with Crippen LogP contribution in [-0.4, -0.2) is 40.6 Å². The molecule has 1 fully saturated rings. The molecule has 1 unspecified atom stereocenters. The van der Waals surface area contributed by atoms with Gasteiger partial charge in [-0.05, 0) is 62.1 Å². The second-order valence-electron chi connectivity index (χ2n) is 11.5. The number of ether oxygens (including phenoxy) is 2. The monoisotopic (exact) mass is 596 g/mol. The predicted octanol–water partition coefficient (Wildman–Crippen LogP) is 6.97. The molecular weight excluding hydrogens is 552 g/mol. The van der Waals surface area contributed by atoms with Crippen LogP contribution in [0.2, 0.25) is 0 Å². The molecule has 8 nitrogen and oxygen atoms in total. The summed E-state index contributed by atoms with van der Waals surface area (Å²) >= 11 is 0. The third-order valence-electron chi connectivity index (χ3n) is 8.13. The lowest BCUT2D eigenvalue weighted by Crippen LogP contribution is -2.39. The summed E-state index contributed by atoms with van der Waals surface area (Å²) in [5.41, 5.74) is 4.70. The van der Waals surface area contributed by atoms with Crippen molar-refractivity contribution < 1.29 is 19.1 Å². The molecule has 1 heterocycles. The fraction of sp³-hybridized carbons (Fsp3) is 0.417. The maximum absolute atomic E-state index is 12.7. The largest absolute Gasteiger partial charge is 0.474 e.